The molecule has 2 aromatic heterocycles. The monoisotopic (exact) mass is 397 g/mol. The van der Waals surface area contributed by atoms with Crippen molar-refractivity contribution in [2.75, 3.05) is 63.8 Å². The van der Waals surface area contributed by atoms with E-state index < -0.39 is 0 Å². The van der Waals surface area contributed by atoms with Gasteiger partial charge in [0.2, 0.25) is 0 Å². The van der Waals surface area contributed by atoms with Crippen LogP contribution >= 0.6 is 0 Å². The number of rotatable bonds is 4. The number of furan rings is 1. The molecule has 0 aliphatic carbocycles. The van der Waals surface area contributed by atoms with Gasteiger partial charge in [0.05, 0.1) is 6.26 Å². The molecule has 2 aromatic rings. The molecule has 0 unspecified atom stereocenters. The molecule has 154 valence electrons. The molecule has 0 radical (unpaired) electrons. The molecule has 4 rings (SSSR count). The summed E-state index contributed by atoms with van der Waals surface area (Å²) in [5.74, 6) is 1.07. The number of piperazine rings is 2. The predicted octanol–water partition coefficient (Wildman–Crippen LogP) is 1.41. The molecule has 0 bridgehead atoms. The molecule has 2 fully saturated rings. The summed E-state index contributed by atoms with van der Waals surface area (Å²) in [5.41, 5.74) is 0.652. The van der Waals surface area contributed by atoms with Gasteiger partial charge in [-0.25, -0.2) is 4.98 Å². The van der Waals surface area contributed by atoms with E-state index >= 15 is 0 Å². The Morgan fingerprint density at radius 1 is 0.966 bits per heavy atom. The minimum absolute atomic E-state index is 0.00839. The Bertz CT molecular complexity index is 838. The van der Waals surface area contributed by atoms with Crippen LogP contribution in [0.15, 0.2) is 41.1 Å². The summed E-state index contributed by atoms with van der Waals surface area (Å²) in [6.07, 6.45) is 3.21. The number of anilines is 1. The highest BCUT2D eigenvalue weighted by Gasteiger charge is 2.27. The van der Waals surface area contributed by atoms with Crippen molar-refractivity contribution in [3.8, 4) is 0 Å². The lowest BCUT2D eigenvalue weighted by atomic mass is 10.2. The first-order valence-electron chi connectivity index (χ1n) is 10.2. The summed E-state index contributed by atoms with van der Waals surface area (Å²) < 4.78 is 5.19. The normalized spacial score (nSPS) is 18.2. The molecule has 2 saturated heterocycles. The Kier molecular flexibility index (Phi) is 5.80. The highest BCUT2D eigenvalue weighted by atomic mass is 16.3. The molecule has 4 heterocycles. The Labute approximate surface area is 170 Å². The van der Waals surface area contributed by atoms with Gasteiger partial charge in [0.15, 0.2) is 5.76 Å². The lowest BCUT2D eigenvalue weighted by Gasteiger charge is -2.35. The third-order valence-corrected chi connectivity index (χ3v) is 5.72. The summed E-state index contributed by atoms with van der Waals surface area (Å²) in [6, 6.07) is 7.04. The highest BCUT2D eigenvalue weighted by Crippen LogP contribution is 2.18. The van der Waals surface area contributed by atoms with Crippen LogP contribution in [0.3, 0.4) is 0 Å². The third-order valence-electron chi connectivity index (χ3n) is 5.72. The van der Waals surface area contributed by atoms with Crippen molar-refractivity contribution >= 4 is 17.6 Å². The molecule has 8 nitrogen and oxygen atoms in total. The van der Waals surface area contributed by atoms with E-state index in [1.54, 1.807) is 34.2 Å². The van der Waals surface area contributed by atoms with Crippen molar-refractivity contribution in [2.45, 2.75) is 6.92 Å². The SMILES string of the molecule is CCN1CCN(c2cc(C(=O)N3CCN(C(=O)c4ccco4)CC3)ccn2)CC1. The Morgan fingerprint density at radius 3 is 2.28 bits per heavy atom. The van der Waals surface area contributed by atoms with E-state index in [2.05, 4.69) is 21.7 Å². The van der Waals surface area contributed by atoms with Gasteiger partial charge < -0.3 is 24.0 Å². The maximum Gasteiger partial charge on any atom is 0.289 e. The number of hydrogen-bond donors (Lipinski definition) is 0. The van der Waals surface area contributed by atoms with Crippen LogP contribution in [0.1, 0.15) is 27.8 Å². The van der Waals surface area contributed by atoms with Crippen molar-refractivity contribution in [2.24, 2.45) is 0 Å². The molecule has 0 atom stereocenters. The van der Waals surface area contributed by atoms with Gasteiger partial charge in [0, 0.05) is 64.1 Å². The van der Waals surface area contributed by atoms with Gasteiger partial charge in [-0.2, -0.15) is 0 Å². The van der Waals surface area contributed by atoms with Gasteiger partial charge in [-0.15, -0.1) is 0 Å². The maximum atomic E-state index is 13.0. The van der Waals surface area contributed by atoms with Gasteiger partial charge >= 0.3 is 0 Å². The van der Waals surface area contributed by atoms with E-state index in [-0.39, 0.29) is 11.8 Å². The zero-order valence-corrected chi connectivity index (χ0v) is 16.8. The van der Waals surface area contributed by atoms with Crippen LogP contribution < -0.4 is 4.90 Å². The van der Waals surface area contributed by atoms with Crippen LogP contribution in [-0.4, -0.2) is 90.4 Å². The van der Waals surface area contributed by atoms with E-state index in [9.17, 15) is 9.59 Å². The molecule has 2 amide bonds. The molecule has 2 aliphatic heterocycles. The fourth-order valence-electron chi connectivity index (χ4n) is 3.87. The van der Waals surface area contributed by atoms with Gasteiger partial charge in [-0.3, -0.25) is 9.59 Å². The van der Waals surface area contributed by atoms with E-state index in [1.807, 2.05) is 6.07 Å². The molecule has 8 heteroatoms. The molecule has 0 saturated carbocycles. The zero-order valence-electron chi connectivity index (χ0n) is 16.8. The van der Waals surface area contributed by atoms with Gasteiger partial charge in [0.25, 0.3) is 11.8 Å². The van der Waals surface area contributed by atoms with Crippen molar-refractivity contribution in [3.05, 3.63) is 48.0 Å². The summed E-state index contributed by atoms with van der Waals surface area (Å²) in [7, 11) is 0. The second-order valence-corrected chi connectivity index (χ2v) is 7.39. The van der Waals surface area contributed by atoms with Crippen molar-refractivity contribution in [3.63, 3.8) is 0 Å². The minimum atomic E-state index is -0.125. The maximum absolute atomic E-state index is 13.0. The average Bonchev–Trinajstić information content (AvgIpc) is 3.33. The number of hydrogen-bond acceptors (Lipinski definition) is 6. The Morgan fingerprint density at radius 2 is 1.66 bits per heavy atom. The number of pyridine rings is 1. The average molecular weight is 397 g/mol. The third kappa shape index (κ3) is 4.27. The molecule has 0 spiro atoms. The molecule has 29 heavy (non-hydrogen) atoms. The second-order valence-electron chi connectivity index (χ2n) is 7.39. The standard InChI is InChI=1S/C21H27N5O3/c1-2-23-7-9-24(10-8-23)19-16-17(5-6-22-19)20(27)25-11-13-26(14-12-25)21(28)18-4-3-15-29-18/h3-6,15-16H,2,7-14H2,1H3. The lowest BCUT2D eigenvalue weighted by molar-refractivity contribution is 0.0518. The molecular weight excluding hydrogens is 370 g/mol. The number of nitrogens with zero attached hydrogens (tertiary/aromatic N) is 5. The lowest BCUT2D eigenvalue weighted by Crippen LogP contribution is -2.50. The fourth-order valence-corrected chi connectivity index (χ4v) is 3.87. The Hall–Kier alpha value is -2.87. The largest absolute Gasteiger partial charge is 0.459 e. The first-order valence-corrected chi connectivity index (χ1v) is 10.2. The summed E-state index contributed by atoms with van der Waals surface area (Å²) >= 11 is 0. The zero-order chi connectivity index (χ0) is 20.2. The van der Waals surface area contributed by atoms with E-state index in [1.165, 1.54) is 6.26 Å². The van der Waals surface area contributed by atoms with Gasteiger partial charge in [-0.05, 0) is 30.8 Å². The van der Waals surface area contributed by atoms with Crippen LogP contribution in [0.4, 0.5) is 5.82 Å². The number of aromatic nitrogens is 1. The van der Waals surface area contributed by atoms with E-state index in [0.717, 1.165) is 38.5 Å². The summed E-state index contributed by atoms with van der Waals surface area (Å²) in [4.78, 5) is 38.0. The van der Waals surface area contributed by atoms with Crippen molar-refractivity contribution < 1.29 is 14.0 Å². The smallest absolute Gasteiger partial charge is 0.289 e. The molecular formula is C21H27N5O3. The highest BCUT2D eigenvalue weighted by molar-refractivity contribution is 5.95. The van der Waals surface area contributed by atoms with E-state index in [4.69, 9.17) is 4.42 Å². The topological polar surface area (TPSA) is 73.1 Å². The number of carbonyl (C=O) groups is 2. The van der Waals surface area contributed by atoms with Gasteiger partial charge in [0.1, 0.15) is 5.82 Å². The Balaban J connectivity index is 1.36. The number of carbonyl (C=O) groups excluding carboxylic acids is 2. The van der Waals surface area contributed by atoms with Crippen LogP contribution in [0.25, 0.3) is 0 Å². The van der Waals surface area contributed by atoms with E-state index in [0.29, 0.717) is 37.5 Å². The predicted molar refractivity (Wildman–Crippen MR) is 109 cm³/mol. The minimum Gasteiger partial charge on any atom is -0.459 e. The van der Waals surface area contributed by atoms with Crippen molar-refractivity contribution in [1.82, 2.24) is 19.7 Å². The van der Waals surface area contributed by atoms with Crippen LogP contribution in [0.5, 0.6) is 0 Å². The van der Waals surface area contributed by atoms with Crippen LogP contribution in [0, 0.1) is 0 Å². The summed E-state index contributed by atoms with van der Waals surface area (Å²) in [6.45, 7) is 9.14. The number of likely N-dealkylation sites (N-methyl/N-ethyl adjacent to an activating group) is 1. The summed E-state index contributed by atoms with van der Waals surface area (Å²) in [5, 5.41) is 0. The van der Waals surface area contributed by atoms with Crippen molar-refractivity contribution in [1.29, 1.82) is 0 Å². The van der Waals surface area contributed by atoms with Crippen LogP contribution in [0.2, 0.25) is 0 Å². The number of amides is 2. The van der Waals surface area contributed by atoms with Gasteiger partial charge in [-0.1, -0.05) is 6.92 Å². The first-order chi connectivity index (χ1) is 14.2. The molecule has 0 N–H and O–H groups in total. The molecule has 2 aliphatic rings. The fraction of sp³-hybridized carbons (Fsp3) is 0.476. The molecule has 0 aromatic carbocycles. The van der Waals surface area contributed by atoms with Crippen LogP contribution in [-0.2, 0) is 0 Å². The quantitative estimate of drug-likeness (QED) is 0.777. The first kappa shape index (κ1) is 19.4. The second kappa shape index (κ2) is 8.65.